The van der Waals surface area contributed by atoms with Gasteiger partial charge in [0.05, 0.1) is 12.7 Å². The van der Waals surface area contributed by atoms with Gasteiger partial charge in [-0.2, -0.15) is 0 Å². The molecule has 0 amide bonds. The minimum Gasteiger partial charge on any atom is -0.376 e. The summed E-state index contributed by atoms with van der Waals surface area (Å²) in [5.41, 5.74) is 0. The number of nitrogens with one attached hydrogen (secondary N) is 2. The molecule has 1 aliphatic rings. The fourth-order valence-electron chi connectivity index (χ4n) is 3.28. The lowest BCUT2D eigenvalue weighted by molar-refractivity contribution is 0.0468. The maximum atomic E-state index is 6.00. The Kier molecular flexibility index (Phi) is 9.41. The van der Waals surface area contributed by atoms with E-state index in [1.54, 1.807) is 0 Å². The summed E-state index contributed by atoms with van der Waals surface area (Å²) in [6.45, 7) is 5.56. The predicted octanol–water partition coefficient (Wildman–Crippen LogP) is 2.88. The van der Waals surface area contributed by atoms with Crippen LogP contribution in [0, 0.1) is 6.92 Å². The maximum absolute atomic E-state index is 6.00. The normalized spacial score (nSPS) is 16.6. The highest BCUT2D eigenvalue weighted by molar-refractivity contribution is 5.79. The second-order valence-electron chi connectivity index (χ2n) is 6.79. The third kappa shape index (κ3) is 7.90. The number of hydrogen-bond donors (Lipinski definition) is 2. The first-order valence-electron chi connectivity index (χ1n) is 9.83. The van der Waals surface area contributed by atoms with E-state index in [0.29, 0.717) is 6.10 Å². The molecular weight excluding hydrogens is 314 g/mol. The first-order chi connectivity index (χ1) is 12.3. The molecule has 2 rings (SSSR count). The van der Waals surface area contributed by atoms with Crippen molar-refractivity contribution < 1.29 is 4.74 Å². The van der Waals surface area contributed by atoms with Crippen LogP contribution in [0.5, 0.6) is 0 Å². The first-order valence-corrected chi connectivity index (χ1v) is 9.83. The van der Waals surface area contributed by atoms with Gasteiger partial charge < -0.3 is 19.9 Å². The maximum Gasteiger partial charge on any atom is 0.191 e. The van der Waals surface area contributed by atoms with Crippen LogP contribution in [0.4, 0.5) is 0 Å². The Bertz CT molecular complexity index is 492. The van der Waals surface area contributed by atoms with Crippen molar-refractivity contribution in [2.45, 2.75) is 70.9 Å². The summed E-state index contributed by atoms with van der Waals surface area (Å²) in [7, 11) is 1.82. The van der Waals surface area contributed by atoms with Gasteiger partial charge in [0.25, 0.3) is 0 Å². The molecule has 0 radical (unpaired) electrons. The number of hydrogen-bond acceptors (Lipinski definition) is 3. The van der Waals surface area contributed by atoms with Crippen molar-refractivity contribution in [3.63, 3.8) is 0 Å². The van der Waals surface area contributed by atoms with Crippen LogP contribution < -0.4 is 10.6 Å². The lowest BCUT2D eigenvalue weighted by Gasteiger charge is -2.16. The molecular formula is C19H35N5O. The average Bonchev–Trinajstić information content (AvgIpc) is 2.86. The Morgan fingerprint density at radius 2 is 1.96 bits per heavy atom. The summed E-state index contributed by atoms with van der Waals surface area (Å²) in [5, 5.41) is 6.71. The molecule has 1 saturated carbocycles. The van der Waals surface area contributed by atoms with Gasteiger partial charge in [0, 0.05) is 39.1 Å². The van der Waals surface area contributed by atoms with Crippen molar-refractivity contribution in [3.05, 3.63) is 18.2 Å². The van der Waals surface area contributed by atoms with Crippen molar-refractivity contribution in [3.8, 4) is 0 Å². The summed E-state index contributed by atoms with van der Waals surface area (Å²) >= 11 is 0. The lowest BCUT2D eigenvalue weighted by Crippen LogP contribution is -2.39. The number of guanidine groups is 1. The van der Waals surface area contributed by atoms with Crippen LogP contribution >= 0.6 is 0 Å². The summed E-state index contributed by atoms with van der Waals surface area (Å²) in [6.07, 6.45) is 14.4. The number of aliphatic imine (C=N–C) groups is 1. The first kappa shape index (κ1) is 19.8. The number of imidazole rings is 1. The highest BCUT2D eigenvalue weighted by Crippen LogP contribution is 2.19. The van der Waals surface area contributed by atoms with E-state index in [2.05, 4.69) is 25.2 Å². The number of rotatable bonds is 9. The third-order valence-electron chi connectivity index (χ3n) is 4.82. The van der Waals surface area contributed by atoms with Crippen LogP contribution in [-0.4, -0.2) is 48.4 Å². The standard InChI is InChI=1S/C19H35N5O/c1-17-21-12-15-24(17)14-8-7-11-22-19(20-2)23-13-16-25-18-9-5-3-4-6-10-18/h12,15,18H,3-11,13-14,16H2,1-2H3,(H2,20,22,23). The molecule has 2 N–H and O–H groups in total. The van der Waals surface area contributed by atoms with Crippen LogP contribution in [0.15, 0.2) is 17.4 Å². The number of aromatic nitrogens is 2. The van der Waals surface area contributed by atoms with Gasteiger partial charge in [-0.15, -0.1) is 0 Å². The summed E-state index contributed by atoms with van der Waals surface area (Å²) in [6, 6.07) is 0. The molecule has 0 unspecified atom stereocenters. The van der Waals surface area contributed by atoms with Crippen LogP contribution in [-0.2, 0) is 11.3 Å². The smallest absolute Gasteiger partial charge is 0.191 e. The molecule has 1 aliphatic carbocycles. The molecule has 0 aliphatic heterocycles. The van der Waals surface area contributed by atoms with Gasteiger partial charge in [0.2, 0.25) is 0 Å². The highest BCUT2D eigenvalue weighted by Gasteiger charge is 2.12. The van der Waals surface area contributed by atoms with E-state index < -0.39 is 0 Å². The summed E-state index contributed by atoms with van der Waals surface area (Å²) < 4.78 is 8.19. The molecule has 0 saturated heterocycles. The van der Waals surface area contributed by atoms with Crippen molar-refractivity contribution >= 4 is 5.96 Å². The number of ether oxygens (including phenoxy) is 1. The average molecular weight is 350 g/mol. The van der Waals surface area contributed by atoms with Gasteiger partial charge >= 0.3 is 0 Å². The Balaban J connectivity index is 1.49. The van der Waals surface area contributed by atoms with E-state index >= 15 is 0 Å². The monoisotopic (exact) mass is 349 g/mol. The summed E-state index contributed by atoms with van der Waals surface area (Å²) in [4.78, 5) is 8.52. The molecule has 1 aromatic heterocycles. The van der Waals surface area contributed by atoms with E-state index in [1.165, 1.54) is 38.5 Å². The van der Waals surface area contributed by atoms with Gasteiger partial charge in [0.1, 0.15) is 5.82 Å². The Morgan fingerprint density at radius 3 is 2.64 bits per heavy atom. The van der Waals surface area contributed by atoms with Crippen LogP contribution in [0.1, 0.15) is 57.2 Å². The van der Waals surface area contributed by atoms with Gasteiger partial charge in [-0.3, -0.25) is 4.99 Å². The van der Waals surface area contributed by atoms with Gasteiger partial charge in [-0.05, 0) is 32.6 Å². The Labute approximate surface area is 152 Å². The number of unbranched alkanes of at least 4 members (excludes halogenated alkanes) is 1. The SMILES string of the molecule is CN=C(NCCCCn1ccnc1C)NCCOC1CCCCCC1. The van der Waals surface area contributed by atoms with Crippen LogP contribution in [0.25, 0.3) is 0 Å². The fraction of sp³-hybridized carbons (Fsp3) is 0.789. The minimum absolute atomic E-state index is 0.464. The van der Waals surface area contributed by atoms with Crippen molar-refractivity contribution in [2.24, 2.45) is 4.99 Å². The predicted molar refractivity (Wildman–Crippen MR) is 103 cm³/mol. The van der Waals surface area contributed by atoms with Gasteiger partial charge in [-0.1, -0.05) is 25.7 Å². The molecule has 6 heteroatoms. The number of aryl methyl sites for hydroxylation is 2. The quantitative estimate of drug-likeness (QED) is 0.311. The highest BCUT2D eigenvalue weighted by atomic mass is 16.5. The zero-order chi connectivity index (χ0) is 17.7. The molecule has 0 atom stereocenters. The van der Waals surface area contributed by atoms with E-state index in [9.17, 15) is 0 Å². The molecule has 142 valence electrons. The molecule has 1 heterocycles. The topological polar surface area (TPSA) is 63.5 Å². The molecule has 1 aromatic rings. The molecule has 0 spiro atoms. The summed E-state index contributed by atoms with van der Waals surface area (Å²) in [5.74, 6) is 1.95. The van der Waals surface area contributed by atoms with Crippen molar-refractivity contribution in [2.75, 3.05) is 26.7 Å². The largest absolute Gasteiger partial charge is 0.376 e. The lowest BCUT2D eigenvalue weighted by atomic mass is 10.1. The zero-order valence-electron chi connectivity index (χ0n) is 16.0. The Morgan fingerprint density at radius 1 is 1.20 bits per heavy atom. The van der Waals surface area contributed by atoms with Gasteiger partial charge in [0.15, 0.2) is 5.96 Å². The number of nitrogens with zero attached hydrogens (tertiary/aromatic N) is 3. The second kappa shape index (κ2) is 11.9. The van der Waals surface area contributed by atoms with E-state index in [4.69, 9.17) is 4.74 Å². The Hall–Kier alpha value is -1.56. The molecule has 0 bridgehead atoms. The molecule has 0 aromatic carbocycles. The van der Waals surface area contributed by atoms with Crippen molar-refractivity contribution in [1.29, 1.82) is 0 Å². The fourth-order valence-corrected chi connectivity index (χ4v) is 3.28. The van der Waals surface area contributed by atoms with E-state index in [1.807, 2.05) is 26.4 Å². The van der Waals surface area contributed by atoms with Gasteiger partial charge in [-0.25, -0.2) is 4.98 Å². The zero-order valence-corrected chi connectivity index (χ0v) is 16.0. The second-order valence-corrected chi connectivity index (χ2v) is 6.79. The molecule has 25 heavy (non-hydrogen) atoms. The van der Waals surface area contributed by atoms with Crippen molar-refractivity contribution in [1.82, 2.24) is 20.2 Å². The van der Waals surface area contributed by atoms with E-state index in [-0.39, 0.29) is 0 Å². The minimum atomic E-state index is 0.464. The van der Waals surface area contributed by atoms with Crippen LogP contribution in [0.2, 0.25) is 0 Å². The molecule has 6 nitrogen and oxygen atoms in total. The molecule has 1 fully saturated rings. The third-order valence-corrected chi connectivity index (χ3v) is 4.82. The van der Waals surface area contributed by atoms with Crippen LogP contribution in [0.3, 0.4) is 0 Å². The van der Waals surface area contributed by atoms with E-state index in [0.717, 1.165) is 50.9 Å².